The zero-order valence-electron chi connectivity index (χ0n) is 14.8. The molecule has 0 bridgehead atoms. The largest absolute Gasteiger partial charge is 0.495 e. The summed E-state index contributed by atoms with van der Waals surface area (Å²) in [4.78, 5) is 11.9. The van der Waals surface area contributed by atoms with Crippen LogP contribution in [0.5, 0.6) is 5.75 Å². The Balaban J connectivity index is 2.41. The molecule has 0 aromatic heterocycles. The summed E-state index contributed by atoms with van der Waals surface area (Å²) >= 11 is 0. The van der Waals surface area contributed by atoms with Crippen molar-refractivity contribution in [2.24, 2.45) is 0 Å². The number of carbonyl (C=O) groups is 1. The van der Waals surface area contributed by atoms with Crippen LogP contribution in [0.2, 0.25) is 0 Å². The Morgan fingerprint density at radius 1 is 1.23 bits per heavy atom. The van der Waals surface area contributed by atoms with Crippen molar-refractivity contribution in [3.8, 4) is 5.75 Å². The fourth-order valence-electron chi connectivity index (χ4n) is 2.40. The van der Waals surface area contributed by atoms with E-state index in [0.717, 1.165) is 4.31 Å². The Hall–Kier alpha value is -2.45. The Kier molecular flexibility index (Phi) is 6.33. The van der Waals surface area contributed by atoms with Crippen molar-refractivity contribution in [1.29, 1.82) is 0 Å². The van der Waals surface area contributed by atoms with Crippen LogP contribution >= 0.6 is 0 Å². The predicted octanol–water partition coefficient (Wildman–Crippen LogP) is 2.40. The van der Waals surface area contributed by atoms with Gasteiger partial charge in [0.25, 0.3) is 5.91 Å². The first-order chi connectivity index (χ1) is 12.3. The van der Waals surface area contributed by atoms with Gasteiger partial charge in [0.2, 0.25) is 10.0 Å². The summed E-state index contributed by atoms with van der Waals surface area (Å²) in [6.45, 7) is 2.03. The summed E-state index contributed by atoms with van der Waals surface area (Å²) in [6, 6.07) is 10.1. The average molecular weight is 380 g/mol. The van der Waals surface area contributed by atoms with Gasteiger partial charge >= 0.3 is 0 Å². The van der Waals surface area contributed by atoms with Gasteiger partial charge in [-0.25, -0.2) is 12.8 Å². The molecule has 0 fully saturated rings. The van der Waals surface area contributed by atoms with Crippen molar-refractivity contribution in [1.82, 2.24) is 9.62 Å². The van der Waals surface area contributed by atoms with E-state index in [0.29, 0.717) is 6.54 Å². The molecular formula is C18H21FN2O4S. The number of carbonyl (C=O) groups excluding carboxylic acids is 1. The van der Waals surface area contributed by atoms with Crippen molar-refractivity contribution in [2.45, 2.75) is 18.4 Å². The lowest BCUT2D eigenvalue weighted by atomic mass is 10.2. The summed E-state index contributed by atoms with van der Waals surface area (Å²) in [7, 11) is -1.31. The molecule has 140 valence electrons. The highest BCUT2D eigenvalue weighted by Crippen LogP contribution is 2.28. The fraction of sp³-hybridized carbons (Fsp3) is 0.278. The normalized spacial score (nSPS) is 11.4. The Morgan fingerprint density at radius 3 is 2.54 bits per heavy atom. The quantitative estimate of drug-likeness (QED) is 0.800. The van der Waals surface area contributed by atoms with Gasteiger partial charge in [-0.15, -0.1) is 0 Å². The van der Waals surface area contributed by atoms with Crippen molar-refractivity contribution in [3.63, 3.8) is 0 Å². The third kappa shape index (κ3) is 4.20. The highest BCUT2D eigenvalue weighted by atomic mass is 32.2. The van der Waals surface area contributed by atoms with E-state index in [2.05, 4.69) is 5.32 Å². The Labute approximate surface area is 152 Å². The van der Waals surface area contributed by atoms with E-state index in [1.165, 1.54) is 50.6 Å². The SMILES string of the molecule is CCNC(=O)c1ccc(OC)c(S(=O)(=O)N(C)Cc2ccccc2F)c1. The van der Waals surface area contributed by atoms with Gasteiger partial charge in [-0.3, -0.25) is 4.79 Å². The van der Waals surface area contributed by atoms with Gasteiger partial charge in [-0.1, -0.05) is 18.2 Å². The first-order valence-electron chi connectivity index (χ1n) is 7.97. The number of nitrogens with zero attached hydrogens (tertiary/aromatic N) is 1. The molecular weight excluding hydrogens is 359 g/mol. The fourth-order valence-corrected chi connectivity index (χ4v) is 3.73. The van der Waals surface area contributed by atoms with Crippen LogP contribution in [0.25, 0.3) is 0 Å². The lowest BCUT2D eigenvalue weighted by Gasteiger charge is -2.19. The Morgan fingerprint density at radius 2 is 1.92 bits per heavy atom. The number of nitrogens with one attached hydrogen (secondary N) is 1. The van der Waals surface area contributed by atoms with Crippen LogP contribution in [0, 0.1) is 5.82 Å². The molecule has 0 aliphatic carbocycles. The number of sulfonamides is 1. The maximum atomic E-state index is 13.8. The average Bonchev–Trinajstić information content (AvgIpc) is 2.63. The molecule has 6 nitrogen and oxygen atoms in total. The minimum Gasteiger partial charge on any atom is -0.495 e. The van der Waals surface area contributed by atoms with Gasteiger partial charge in [0.1, 0.15) is 16.5 Å². The molecule has 1 amide bonds. The van der Waals surface area contributed by atoms with Crippen LogP contribution in [-0.2, 0) is 16.6 Å². The van der Waals surface area contributed by atoms with E-state index in [9.17, 15) is 17.6 Å². The standard InChI is InChI=1S/C18H21FN2O4S/c1-4-20-18(22)13-9-10-16(25-3)17(11-13)26(23,24)21(2)12-14-7-5-6-8-15(14)19/h5-11H,4,12H2,1-3H3,(H,20,22). The first kappa shape index (κ1) is 19.9. The van der Waals surface area contributed by atoms with E-state index >= 15 is 0 Å². The molecule has 26 heavy (non-hydrogen) atoms. The van der Waals surface area contributed by atoms with Crippen molar-refractivity contribution >= 4 is 15.9 Å². The lowest BCUT2D eigenvalue weighted by molar-refractivity contribution is 0.0955. The molecule has 1 N–H and O–H groups in total. The van der Waals surface area contributed by atoms with Gasteiger partial charge in [-0.2, -0.15) is 4.31 Å². The third-order valence-electron chi connectivity index (χ3n) is 3.80. The number of amides is 1. The summed E-state index contributed by atoms with van der Waals surface area (Å²) in [6.07, 6.45) is 0. The van der Waals surface area contributed by atoms with Crippen LogP contribution in [0.4, 0.5) is 4.39 Å². The summed E-state index contributed by atoms with van der Waals surface area (Å²) in [5.74, 6) is -0.764. The van der Waals surface area contributed by atoms with Gasteiger partial charge in [0, 0.05) is 31.3 Å². The number of benzene rings is 2. The van der Waals surface area contributed by atoms with Crippen molar-refractivity contribution in [2.75, 3.05) is 20.7 Å². The van der Waals surface area contributed by atoms with Crippen LogP contribution < -0.4 is 10.1 Å². The van der Waals surface area contributed by atoms with Gasteiger partial charge in [-0.05, 0) is 31.2 Å². The summed E-state index contributed by atoms with van der Waals surface area (Å²) < 4.78 is 45.9. The van der Waals surface area contributed by atoms with Crippen LogP contribution in [0.1, 0.15) is 22.8 Å². The number of hydrogen-bond donors (Lipinski definition) is 1. The minimum atomic E-state index is -4.01. The van der Waals surface area contributed by atoms with Crippen LogP contribution in [-0.4, -0.2) is 39.3 Å². The lowest BCUT2D eigenvalue weighted by Crippen LogP contribution is -2.28. The zero-order chi connectivity index (χ0) is 19.3. The topological polar surface area (TPSA) is 75.7 Å². The molecule has 2 aromatic carbocycles. The van der Waals surface area contributed by atoms with E-state index in [4.69, 9.17) is 4.74 Å². The zero-order valence-corrected chi connectivity index (χ0v) is 15.6. The van der Waals surface area contributed by atoms with Gasteiger partial charge in [0.05, 0.1) is 7.11 Å². The summed E-state index contributed by atoms with van der Waals surface area (Å²) in [5, 5.41) is 2.62. The number of halogens is 1. The molecule has 0 aliphatic rings. The number of ether oxygens (including phenoxy) is 1. The molecule has 0 heterocycles. The van der Waals surface area contributed by atoms with Crippen molar-refractivity contribution in [3.05, 3.63) is 59.4 Å². The maximum Gasteiger partial charge on any atom is 0.251 e. The maximum absolute atomic E-state index is 13.8. The highest BCUT2D eigenvalue weighted by Gasteiger charge is 2.27. The van der Waals surface area contributed by atoms with Crippen LogP contribution in [0.15, 0.2) is 47.4 Å². The molecule has 0 saturated carbocycles. The van der Waals surface area contributed by atoms with E-state index in [1.54, 1.807) is 13.0 Å². The van der Waals surface area contributed by atoms with E-state index in [-0.39, 0.29) is 34.2 Å². The first-order valence-corrected chi connectivity index (χ1v) is 9.41. The van der Waals surface area contributed by atoms with E-state index < -0.39 is 15.8 Å². The van der Waals surface area contributed by atoms with Crippen LogP contribution in [0.3, 0.4) is 0 Å². The minimum absolute atomic E-state index is 0.110. The molecule has 2 aromatic rings. The predicted molar refractivity (Wildman–Crippen MR) is 96.1 cm³/mol. The molecule has 2 rings (SSSR count). The molecule has 0 spiro atoms. The van der Waals surface area contributed by atoms with E-state index in [1.807, 2.05) is 0 Å². The Bertz CT molecular complexity index is 900. The summed E-state index contributed by atoms with van der Waals surface area (Å²) in [5.41, 5.74) is 0.447. The second kappa shape index (κ2) is 8.29. The third-order valence-corrected chi connectivity index (χ3v) is 5.63. The number of rotatable bonds is 7. The highest BCUT2D eigenvalue weighted by molar-refractivity contribution is 7.89. The molecule has 8 heteroatoms. The molecule has 0 radical (unpaired) electrons. The number of methoxy groups -OCH3 is 1. The monoisotopic (exact) mass is 380 g/mol. The van der Waals surface area contributed by atoms with Gasteiger partial charge in [0.15, 0.2) is 0 Å². The second-order valence-electron chi connectivity index (χ2n) is 5.58. The smallest absolute Gasteiger partial charge is 0.251 e. The molecule has 0 saturated heterocycles. The molecule has 0 unspecified atom stereocenters. The number of hydrogen-bond acceptors (Lipinski definition) is 4. The molecule has 0 aliphatic heterocycles. The molecule has 0 atom stereocenters. The van der Waals surface area contributed by atoms with Gasteiger partial charge < -0.3 is 10.1 Å². The van der Waals surface area contributed by atoms with Crippen molar-refractivity contribution < 1.29 is 22.3 Å². The second-order valence-corrected chi connectivity index (χ2v) is 7.59.